The molecule has 0 aliphatic carbocycles. The van der Waals surface area contributed by atoms with E-state index in [9.17, 15) is 14.4 Å². The highest BCUT2D eigenvalue weighted by molar-refractivity contribution is 6.05. The fourth-order valence-corrected chi connectivity index (χ4v) is 4.03. The zero-order valence-electron chi connectivity index (χ0n) is 14.9. The summed E-state index contributed by atoms with van der Waals surface area (Å²) in [6.45, 7) is 3.90. The molecule has 1 aromatic carbocycles. The Kier molecular flexibility index (Phi) is 4.30. The van der Waals surface area contributed by atoms with Gasteiger partial charge in [0.25, 0.3) is 5.91 Å². The summed E-state index contributed by atoms with van der Waals surface area (Å²) in [6, 6.07) is 5.06. The molecule has 3 aliphatic rings. The van der Waals surface area contributed by atoms with E-state index in [1.165, 1.54) is 0 Å². The van der Waals surface area contributed by atoms with Crippen molar-refractivity contribution in [1.82, 2.24) is 4.90 Å². The van der Waals surface area contributed by atoms with Gasteiger partial charge in [0, 0.05) is 19.6 Å². The van der Waals surface area contributed by atoms with Crippen LogP contribution in [0.2, 0.25) is 0 Å². The number of carbonyl (C=O) groups excluding carboxylic acids is 3. The number of fused-ring (bicyclic) bond motifs is 3. The number of nitrogens with one attached hydrogen (secondary N) is 1. The molecular formula is C19H23N3O4. The summed E-state index contributed by atoms with van der Waals surface area (Å²) >= 11 is 0. The Labute approximate surface area is 152 Å². The Morgan fingerprint density at radius 3 is 2.73 bits per heavy atom. The summed E-state index contributed by atoms with van der Waals surface area (Å²) in [5, 5.41) is 2.88. The molecule has 2 fully saturated rings. The molecule has 26 heavy (non-hydrogen) atoms. The van der Waals surface area contributed by atoms with Gasteiger partial charge in [-0.1, -0.05) is 0 Å². The van der Waals surface area contributed by atoms with E-state index in [1.807, 2.05) is 6.07 Å². The summed E-state index contributed by atoms with van der Waals surface area (Å²) in [5.41, 5.74) is 1.90. The third-order valence-electron chi connectivity index (χ3n) is 5.40. The largest absolute Gasteiger partial charge is 0.449 e. The van der Waals surface area contributed by atoms with E-state index in [0.29, 0.717) is 11.3 Å². The second kappa shape index (κ2) is 6.63. The highest BCUT2D eigenvalue weighted by atomic mass is 16.5. The molecule has 138 valence electrons. The predicted molar refractivity (Wildman–Crippen MR) is 96.1 cm³/mol. The van der Waals surface area contributed by atoms with Gasteiger partial charge in [-0.25, -0.2) is 4.79 Å². The Bertz CT molecular complexity index is 757. The molecular weight excluding hydrogens is 334 g/mol. The summed E-state index contributed by atoms with van der Waals surface area (Å²) in [5.74, 6) is -0.731. The van der Waals surface area contributed by atoms with Crippen LogP contribution in [-0.2, 0) is 14.3 Å². The van der Waals surface area contributed by atoms with Gasteiger partial charge in [0.2, 0.25) is 5.91 Å². The van der Waals surface area contributed by atoms with Crippen LogP contribution in [0.1, 0.15) is 43.0 Å². The number of rotatable bonds is 3. The lowest BCUT2D eigenvalue weighted by molar-refractivity contribution is -0.138. The fraction of sp³-hybridized carbons (Fsp3) is 0.526. The van der Waals surface area contributed by atoms with Crippen molar-refractivity contribution in [3.05, 3.63) is 23.8 Å². The van der Waals surface area contributed by atoms with Gasteiger partial charge in [-0.05, 0) is 50.8 Å². The summed E-state index contributed by atoms with van der Waals surface area (Å²) < 4.78 is 5.36. The van der Waals surface area contributed by atoms with Crippen LogP contribution in [0.4, 0.5) is 11.4 Å². The quantitative estimate of drug-likeness (QED) is 0.834. The molecule has 0 radical (unpaired) electrons. The lowest BCUT2D eigenvalue weighted by Gasteiger charge is -2.33. The predicted octanol–water partition coefficient (Wildman–Crippen LogP) is 1.78. The van der Waals surface area contributed by atoms with Crippen LogP contribution in [0.3, 0.4) is 0 Å². The van der Waals surface area contributed by atoms with E-state index in [4.69, 9.17) is 4.74 Å². The summed E-state index contributed by atoms with van der Waals surface area (Å²) in [6.07, 6.45) is 3.01. The van der Waals surface area contributed by atoms with Gasteiger partial charge in [-0.2, -0.15) is 0 Å². The van der Waals surface area contributed by atoms with Crippen molar-refractivity contribution in [1.29, 1.82) is 0 Å². The molecule has 2 amide bonds. The first-order valence-corrected chi connectivity index (χ1v) is 9.26. The van der Waals surface area contributed by atoms with Crippen molar-refractivity contribution in [2.75, 3.05) is 29.9 Å². The van der Waals surface area contributed by atoms with Gasteiger partial charge < -0.3 is 19.9 Å². The number of likely N-dealkylation sites (tertiary alicyclic amines) is 1. The van der Waals surface area contributed by atoms with E-state index in [-0.39, 0.29) is 17.9 Å². The number of carbonyl (C=O) groups is 3. The Balaban J connectivity index is 1.48. The van der Waals surface area contributed by atoms with Gasteiger partial charge in [0.1, 0.15) is 6.04 Å². The van der Waals surface area contributed by atoms with Gasteiger partial charge in [-0.15, -0.1) is 0 Å². The van der Waals surface area contributed by atoms with Crippen LogP contribution in [-0.4, -0.2) is 54.5 Å². The molecule has 2 atom stereocenters. The topological polar surface area (TPSA) is 79.0 Å². The minimum absolute atomic E-state index is 0.0295. The van der Waals surface area contributed by atoms with Crippen LogP contribution < -0.4 is 10.2 Å². The number of benzene rings is 1. The average molecular weight is 357 g/mol. The lowest BCUT2D eigenvalue weighted by Crippen LogP contribution is -2.44. The SMILES string of the molecule is C[C@H](OC(=O)c1ccc2c(c1)NC(=O)[C@H]1CCCN21)C(=O)N1CCCC1. The van der Waals surface area contributed by atoms with E-state index < -0.39 is 12.1 Å². The van der Waals surface area contributed by atoms with Crippen molar-refractivity contribution in [2.24, 2.45) is 0 Å². The molecule has 2 saturated heterocycles. The number of amides is 2. The third kappa shape index (κ3) is 2.91. The first kappa shape index (κ1) is 16.9. The molecule has 7 nitrogen and oxygen atoms in total. The third-order valence-corrected chi connectivity index (χ3v) is 5.40. The minimum atomic E-state index is -0.811. The van der Waals surface area contributed by atoms with E-state index >= 15 is 0 Å². The summed E-state index contributed by atoms with van der Waals surface area (Å²) in [7, 11) is 0. The fourth-order valence-electron chi connectivity index (χ4n) is 4.03. The molecule has 3 aliphatic heterocycles. The first-order valence-electron chi connectivity index (χ1n) is 9.26. The van der Waals surface area contributed by atoms with E-state index in [2.05, 4.69) is 10.2 Å². The Morgan fingerprint density at radius 1 is 1.19 bits per heavy atom. The van der Waals surface area contributed by atoms with Gasteiger partial charge in [0.15, 0.2) is 6.10 Å². The maximum atomic E-state index is 12.5. The monoisotopic (exact) mass is 357 g/mol. The number of esters is 1. The molecule has 1 aromatic rings. The van der Waals surface area contributed by atoms with Crippen molar-refractivity contribution < 1.29 is 19.1 Å². The van der Waals surface area contributed by atoms with Gasteiger partial charge >= 0.3 is 5.97 Å². The molecule has 4 rings (SSSR count). The van der Waals surface area contributed by atoms with E-state index in [1.54, 1.807) is 24.0 Å². The van der Waals surface area contributed by atoms with Crippen LogP contribution >= 0.6 is 0 Å². The van der Waals surface area contributed by atoms with Crippen molar-refractivity contribution in [3.8, 4) is 0 Å². The Morgan fingerprint density at radius 2 is 1.96 bits per heavy atom. The highest BCUT2D eigenvalue weighted by Gasteiger charge is 2.36. The van der Waals surface area contributed by atoms with Gasteiger partial charge in [-0.3, -0.25) is 9.59 Å². The second-order valence-corrected chi connectivity index (χ2v) is 7.15. The smallest absolute Gasteiger partial charge is 0.338 e. The molecule has 0 spiro atoms. The van der Waals surface area contributed by atoms with Crippen LogP contribution in [0.5, 0.6) is 0 Å². The zero-order chi connectivity index (χ0) is 18.3. The normalized spacial score (nSPS) is 22.5. The first-order chi connectivity index (χ1) is 12.5. The van der Waals surface area contributed by atoms with Gasteiger partial charge in [0.05, 0.1) is 16.9 Å². The molecule has 3 heterocycles. The van der Waals surface area contributed by atoms with Crippen LogP contribution in [0.15, 0.2) is 18.2 Å². The number of hydrogen-bond donors (Lipinski definition) is 1. The standard InChI is InChI=1S/C19H23N3O4/c1-12(18(24)21-8-2-3-9-21)26-19(25)13-6-7-15-14(11-13)20-17(23)16-5-4-10-22(15)16/h6-7,11-12,16H,2-5,8-10H2,1H3,(H,20,23)/t12-,16+/m0/s1. The lowest BCUT2D eigenvalue weighted by atomic mass is 10.1. The summed E-state index contributed by atoms with van der Waals surface area (Å²) in [4.78, 5) is 40.8. The molecule has 0 aromatic heterocycles. The number of ether oxygens (including phenoxy) is 1. The molecule has 7 heteroatoms. The van der Waals surface area contributed by atoms with Crippen molar-refractivity contribution >= 4 is 29.2 Å². The number of nitrogens with zero attached hydrogens (tertiary/aromatic N) is 2. The molecule has 0 saturated carbocycles. The van der Waals surface area contributed by atoms with Crippen LogP contribution in [0, 0.1) is 0 Å². The number of hydrogen-bond acceptors (Lipinski definition) is 5. The highest BCUT2D eigenvalue weighted by Crippen LogP contribution is 2.37. The average Bonchev–Trinajstić information content (AvgIpc) is 3.32. The molecule has 0 unspecified atom stereocenters. The maximum Gasteiger partial charge on any atom is 0.338 e. The van der Waals surface area contributed by atoms with Crippen LogP contribution in [0.25, 0.3) is 0 Å². The zero-order valence-corrected chi connectivity index (χ0v) is 14.9. The maximum absolute atomic E-state index is 12.5. The molecule has 1 N–H and O–H groups in total. The second-order valence-electron chi connectivity index (χ2n) is 7.15. The molecule has 0 bridgehead atoms. The van der Waals surface area contributed by atoms with Crippen molar-refractivity contribution in [3.63, 3.8) is 0 Å². The minimum Gasteiger partial charge on any atom is -0.449 e. The number of anilines is 2. The Hall–Kier alpha value is -2.57. The van der Waals surface area contributed by atoms with E-state index in [0.717, 1.165) is 51.0 Å². The van der Waals surface area contributed by atoms with Crippen molar-refractivity contribution in [2.45, 2.75) is 44.8 Å².